The highest BCUT2D eigenvalue weighted by Crippen LogP contribution is 2.16. The molecule has 0 bridgehead atoms. The number of rotatable bonds is 5. The molecule has 0 saturated carbocycles. The molecule has 15 heavy (non-hydrogen) atoms. The molecule has 0 saturated heterocycles. The van der Waals surface area contributed by atoms with Crippen molar-refractivity contribution in [2.75, 3.05) is 6.61 Å². The highest BCUT2D eigenvalue weighted by molar-refractivity contribution is 14.1. The third kappa shape index (κ3) is 3.48. The number of carbonyl (C=O) groups is 1. The molecule has 1 aromatic rings. The van der Waals surface area contributed by atoms with Crippen molar-refractivity contribution in [2.24, 2.45) is 0 Å². The fourth-order valence-corrected chi connectivity index (χ4v) is 1.77. The molecule has 1 rings (SSSR count). The van der Waals surface area contributed by atoms with Crippen molar-refractivity contribution in [1.29, 1.82) is 0 Å². The van der Waals surface area contributed by atoms with Crippen molar-refractivity contribution >= 4 is 28.6 Å². The van der Waals surface area contributed by atoms with E-state index < -0.39 is 0 Å². The smallest absolute Gasteiger partial charge is 0.330 e. The molecule has 4 nitrogen and oxygen atoms in total. The van der Waals surface area contributed by atoms with E-state index in [-0.39, 0.29) is 12.0 Å². The summed E-state index contributed by atoms with van der Waals surface area (Å²) in [4.78, 5) is 11.7. The van der Waals surface area contributed by atoms with Gasteiger partial charge in [-0.3, -0.25) is 4.68 Å². The second kappa shape index (κ2) is 6.09. The minimum absolute atomic E-state index is 0.196. The van der Waals surface area contributed by atoms with Gasteiger partial charge in [0.25, 0.3) is 0 Å². The molecule has 1 unspecified atom stereocenters. The van der Waals surface area contributed by atoms with Gasteiger partial charge in [-0.1, -0.05) is 13.3 Å². The van der Waals surface area contributed by atoms with E-state index >= 15 is 0 Å². The molecular weight excluding hydrogens is 307 g/mol. The summed E-state index contributed by atoms with van der Waals surface area (Å²) in [7, 11) is 0. The Morgan fingerprint density at radius 3 is 2.87 bits per heavy atom. The first-order chi connectivity index (χ1) is 7.19. The van der Waals surface area contributed by atoms with Crippen LogP contribution in [0.3, 0.4) is 0 Å². The van der Waals surface area contributed by atoms with Crippen molar-refractivity contribution < 1.29 is 9.53 Å². The lowest BCUT2D eigenvalue weighted by molar-refractivity contribution is -0.147. The van der Waals surface area contributed by atoms with Gasteiger partial charge < -0.3 is 4.74 Å². The van der Waals surface area contributed by atoms with Gasteiger partial charge in [0.15, 0.2) is 0 Å². The Hall–Kier alpha value is -0.590. The van der Waals surface area contributed by atoms with Crippen LogP contribution in [0.25, 0.3) is 0 Å². The monoisotopic (exact) mass is 322 g/mol. The summed E-state index contributed by atoms with van der Waals surface area (Å²) in [5.41, 5.74) is 0. The van der Waals surface area contributed by atoms with Gasteiger partial charge in [-0.15, -0.1) is 0 Å². The zero-order valence-electron chi connectivity index (χ0n) is 8.94. The standard InChI is InChI=1S/C10H15IN2O2/c1-3-5-9(10(14)15-4-2)13-7-8(11)6-12-13/h6-7,9H,3-5H2,1-2H3. The quantitative estimate of drug-likeness (QED) is 0.618. The number of halogens is 1. The van der Waals surface area contributed by atoms with Gasteiger partial charge in [-0.05, 0) is 35.9 Å². The van der Waals surface area contributed by atoms with E-state index in [2.05, 4.69) is 27.7 Å². The van der Waals surface area contributed by atoms with Crippen LogP contribution in [0.1, 0.15) is 32.7 Å². The van der Waals surface area contributed by atoms with E-state index in [1.54, 1.807) is 10.9 Å². The Morgan fingerprint density at radius 1 is 1.67 bits per heavy atom. The SMILES string of the molecule is CCCC(C(=O)OCC)n1cc(I)cn1. The predicted molar refractivity (Wildman–Crippen MR) is 65.5 cm³/mol. The zero-order valence-corrected chi connectivity index (χ0v) is 11.1. The maximum absolute atomic E-state index is 11.7. The molecule has 5 heteroatoms. The minimum Gasteiger partial charge on any atom is -0.464 e. The zero-order chi connectivity index (χ0) is 11.3. The van der Waals surface area contributed by atoms with Gasteiger partial charge in [-0.25, -0.2) is 4.79 Å². The third-order valence-electron chi connectivity index (χ3n) is 2.01. The van der Waals surface area contributed by atoms with E-state index in [4.69, 9.17) is 4.74 Å². The highest BCUT2D eigenvalue weighted by Gasteiger charge is 2.21. The molecule has 0 fully saturated rings. The van der Waals surface area contributed by atoms with Crippen molar-refractivity contribution in [3.05, 3.63) is 16.0 Å². The summed E-state index contributed by atoms with van der Waals surface area (Å²) >= 11 is 2.17. The lowest BCUT2D eigenvalue weighted by Crippen LogP contribution is -2.22. The van der Waals surface area contributed by atoms with Crippen LogP contribution >= 0.6 is 22.6 Å². The van der Waals surface area contributed by atoms with E-state index in [1.165, 1.54) is 0 Å². The third-order valence-corrected chi connectivity index (χ3v) is 2.57. The van der Waals surface area contributed by atoms with Crippen LogP contribution in [0, 0.1) is 3.57 Å². The number of ether oxygens (including phenoxy) is 1. The first kappa shape index (κ1) is 12.5. The molecule has 1 aromatic heterocycles. The summed E-state index contributed by atoms with van der Waals surface area (Å²) in [6, 6.07) is -0.279. The second-order valence-corrected chi connectivity index (χ2v) is 4.44. The number of aromatic nitrogens is 2. The fourth-order valence-electron chi connectivity index (χ4n) is 1.36. The van der Waals surface area contributed by atoms with Crippen LogP contribution in [-0.4, -0.2) is 22.4 Å². The number of hydrogen-bond donors (Lipinski definition) is 0. The van der Waals surface area contributed by atoms with Crippen molar-refractivity contribution in [1.82, 2.24) is 9.78 Å². The Morgan fingerprint density at radius 2 is 2.40 bits per heavy atom. The molecule has 0 spiro atoms. The summed E-state index contributed by atoms with van der Waals surface area (Å²) < 4.78 is 7.73. The van der Waals surface area contributed by atoms with Gasteiger partial charge in [0.1, 0.15) is 6.04 Å². The average molecular weight is 322 g/mol. The predicted octanol–water partition coefficient (Wildman–Crippen LogP) is 2.39. The molecule has 0 aliphatic carbocycles. The normalized spacial score (nSPS) is 12.5. The second-order valence-electron chi connectivity index (χ2n) is 3.20. The van der Waals surface area contributed by atoms with Crippen LogP contribution in [0.4, 0.5) is 0 Å². The average Bonchev–Trinajstić information content (AvgIpc) is 2.61. The maximum atomic E-state index is 11.7. The van der Waals surface area contributed by atoms with Gasteiger partial charge in [-0.2, -0.15) is 5.10 Å². The van der Waals surface area contributed by atoms with Crippen LogP contribution in [0.5, 0.6) is 0 Å². The molecule has 0 N–H and O–H groups in total. The Bertz CT molecular complexity index is 325. The summed E-state index contributed by atoms with van der Waals surface area (Å²) in [6.07, 6.45) is 5.29. The van der Waals surface area contributed by atoms with Gasteiger partial charge in [0.05, 0.1) is 16.4 Å². The number of esters is 1. The summed E-state index contributed by atoms with van der Waals surface area (Å²) in [5.74, 6) is -0.196. The number of hydrogen-bond acceptors (Lipinski definition) is 3. The Kier molecular flexibility index (Phi) is 5.07. The fraction of sp³-hybridized carbons (Fsp3) is 0.600. The molecule has 0 aromatic carbocycles. The van der Waals surface area contributed by atoms with Crippen molar-refractivity contribution in [3.8, 4) is 0 Å². The van der Waals surface area contributed by atoms with Crippen molar-refractivity contribution in [3.63, 3.8) is 0 Å². The Balaban J connectivity index is 2.77. The minimum atomic E-state index is -0.279. The number of nitrogens with zero attached hydrogens (tertiary/aromatic N) is 2. The van der Waals surface area contributed by atoms with E-state index in [9.17, 15) is 4.79 Å². The van der Waals surface area contributed by atoms with Gasteiger partial charge in [0.2, 0.25) is 0 Å². The summed E-state index contributed by atoms with van der Waals surface area (Å²) in [5, 5.41) is 4.15. The molecule has 0 radical (unpaired) electrons. The first-order valence-corrected chi connectivity index (χ1v) is 6.13. The van der Waals surface area contributed by atoms with Gasteiger partial charge >= 0.3 is 5.97 Å². The molecule has 0 aliphatic rings. The van der Waals surface area contributed by atoms with E-state index in [1.807, 2.05) is 20.0 Å². The highest BCUT2D eigenvalue weighted by atomic mass is 127. The summed E-state index contributed by atoms with van der Waals surface area (Å²) in [6.45, 7) is 4.27. The van der Waals surface area contributed by atoms with Crippen LogP contribution in [-0.2, 0) is 9.53 Å². The molecular formula is C10H15IN2O2. The molecule has 84 valence electrons. The first-order valence-electron chi connectivity index (χ1n) is 5.05. The van der Waals surface area contributed by atoms with Crippen LogP contribution in [0.2, 0.25) is 0 Å². The molecule has 0 amide bonds. The van der Waals surface area contributed by atoms with E-state index in [0.717, 1.165) is 16.4 Å². The molecule has 1 atom stereocenters. The largest absolute Gasteiger partial charge is 0.464 e. The van der Waals surface area contributed by atoms with E-state index in [0.29, 0.717) is 6.61 Å². The Labute approximate surface area is 103 Å². The molecule has 1 heterocycles. The molecule has 0 aliphatic heterocycles. The maximum Gasteiger partial charge on any atom is 0.330 e. The van der Waals surface area contributed by atoms with Crippen molar-refractivity contribution in [2.45, 2.75) is 32.7 Å². The topological polar surface area (TPSA) is 44.1 Å². The van der Waals surface area contributed by atoms with Gasteiger partial charge in [0, 0.05) is 6.20 Å². The van der Waals surface area contributed by atoms with Crippen LogP contribution in [0.15, 0.2) is 12.4 Å². The number of carbonyl (C=O) groups excluding carboxylic acids is 1. The lowest BCUT2D eigenvalue weighted by Gasteiger charge is -2.14. The van der Waals surface area contributed by atoms with Crippen LogP contribution < -0.4 is 0 Å². The lowest BCUT2D eigenvalue weighted by atomic mass is 10.2.